The molecule has 0 N–H and O–H groups in total. The van der Waals surface area contributed by atoms with Crippen molar-refractivity contribution in [3.8, 4) is 0 Å². The molecule has 12 heavy (non-hydrogen) atoms. The number of hydrogen-bond donors (Lipinski definition) is 0. The molecule has 62 valence electrons. The summed E-state index contributed by atoms with van der Waals surface area (Å²) in [7, 11) is -0.134. The van der Waals surface area contributed by atoms with Crippen LogP contribution in [0.2, 0.25) is 0 Å². The predicted molar refractivity (Wildman–Crippen MR) is 48.5 cm³/mol. The van der Waals surface area contributed by atoms with Crippen molar-refractivity contribution < 1.29 is 9.31 Å². The second kappa shape index (κ2) is 3.29. The molecule has 0 aliphatic carbocycles. The van der Waals surface area contributed by atoms with Crippen molar-refractivity contribution in [3.05, 3.63) is 29.8 Å². The summed E-state index contributed by atoms with van der Waals surface area (Å²) in [4.78, 5) is 0. The Morgan fingerprint density at radius 3 is 2.25 bits per heavy atom. The predicted octanol–water partition coefficient (Wildman–Crippen LogP) is 0.737. The molecule has 1 fully saturated rings. The maximum absolute atomic E-state index is 5.36. The van der Waals surface area contributed by atoms with Gasteiger partial charge in [-0.2, -0.15) is 0 Å². The first-order valence-corrected chi connectivity index (χ1v) is 4.16. The summed E-state index contributed by atoms with van der Waals surface area (Å²) in [6.45, 7) is 3.48. The monoisotopic (exact) mass is 162 g/mol. The molecule has 0 saturated carbocycles. The van der Waals surface area contributed by atoms with E-state index in [1.807, 2.05) is 12.1 Å². The third-order valence-electron chi connectivity index (χ3n) is 1.97. The Balaban J connectivity index is 2.17. The number of benzene rings is 1. The van der Waals surface area contributed by atoms with Crippen LogP contribution < -0.4 is 5.46 Å². The van der Waals surface area contributed by atoms with Gasteiger partial charge in [-0.15, -0.1) is 0 Å². The third-order valence-corrected chi connectivity index (χ3v) is 1.97. The van der Waals surface area contributed by atoms with Gasteiger partial charge in [0.2, 0.25) is 0 Å². The topological polar surface area (TPSA) is 18.5 Å². The van der Waals surface area contributed by atoms with E-state index in [-0.39, 0.29) is 7.12 Å². The summed E-state index contributed by atoms with van der Waals surface area (Å²) in [6, 6.07) is 8.23. The molecule has 0 amide bonds. The summed E-state index contributed by atoms with van der Waals surface area (Å²) in [5.41, 5.74) is 2.37. The van der Waals surface area contributed by atoms with Crippen molar-refractivity contribution in [2.75, 3.05) is 13.2 Å². The first-order valence-electron chi connectivity index (χ1n) is 4.16. The second-order valence-corrected chi connectivity index (χ2v) is 2.98. The second-order valence-electron chi connectivity index (χ2n) is 2.98. The van der Waals surface area contributed by atoms with Crippen LogP contribution in [0.25, 0.3) is 0 Å². The van der Waals surface area contributed by atoms with E-state index in [0.717, 1.165) is 5.46 Å². The number of hydrogen-bond acceptors (Lipinski definition) is 2. The molecule has 2 nitrogen and oxygen atoms in total. The van der Waals surface area contributed by atoms with Gasteiger partial charge in [0.15, 0.2) is 0 Å². The molecule has 0 unspecified atom stereocenters. The lowest BCUT2D eigenvalue weighted by Gasteiger charge is -2.03. The van der Waals surface area contributed by atoms with Crippen LogP contribution in [0, 0.1) is 6.92 Å². The molecule has 1 saturated heterocycles. The Hall–Kier alpha value is -0.795. The van der Waals surface area contributed by atoms with Crippen molar-refractivity contribution >= 4 is 12.6 Å². The van der Waals surface area contributed by atoms with Gasteiger partial charge in [0.25, 0.3) is 0 Å². The molecule has 1 aliphatic rings. The minimum Gasteiger partial charge on any atom is -0.405 e. The molecule has 1 heterocycles. The number of rotatable bonds is 1. The van der Waals surface area contributed by atoms with Crippen molar-refractivity contribution in [2.45, 2.75) is 6.92 Å². The molecule has 2 rings (SSSR count). The normalized spacial score (nSPS) is 16.9. The summed E-state index contributed by atoms with van der Waals surface area (Å²) in [5, 5.41) is 0. The van der Waals surface area contributed by atoms with Gasteiger partial charge in [0, 0.05) is 0 Å². The number of aryl methyl sites for hydroxylation is 1. The smallest absolute Gasteiger partial charge is 0.405 e. The molecule has 0 radical (unpaired) electrons. The van der Waals surface area contributed by atoms with Crippen LogP contribution in [0.4, 0.5) is 0 Å². The van der Waals surface area contributed by atoms with Gasteiger partial charge in [-0.1, -0.05) is 29.8 Å². The Labute approximate surface area is 72.6 Å². The van der Waals surface area contributed by atoms with Gasteiger partial charge in [0.1, 0.15) is 0 Å². The lowest BCUT2D eigenvalue weighted by molar-refractivity contribution is 0.365. The standard InChI is InChI=1S/C9H11BO2/c1-8-2-4-9(5-3-8)10-11-6-7-12-10/h2-5H,6-7H2,1H3. The molecule has 1 aliphatic heterocycles. The van der Waals surface area contributed by atoms with E-state index in [9.17, 15) is 0 Å². The summed E-state index contributed by atoms with van der Waals surface area (Å²) in [6.07, 6.45) is 0. The van der Waals surface area contributed by atoms with Crippen LogP contribution in [0.15, 0.2) is 24.3 Å². The third kappa shape index (κ3) is 1.52. The zero-order valence-corrected chi connectivity index (χ0v) is 7.12. The zero-order valence-electron chi connectivity index (χ0n) is 7.12. The van der Waals surface area contributed by atoms with Crippen LogP contribution >= 0.6 is 0 Å². The highest BCUT2D eigenvalue weighted by molar-refractivity contribution is 6.61. The molecule has 0 spiro atoms. The fourth-order valence-corrected chi connectivity index (χ4v) is 1.27. The minimum atomic E-state index is -0.134. The van der Waals surface area contributed by atoms with Crippen LogP contribution in [0.1, 0.15) is 5.56 Å². The summed E-state index contributed by atoms with van der Waals surface area (Å²) < 4.78 is 10.7. The average Bonchev–Trinajstić information content (AvgIpc) is 2.58. The molecule has 3 heteroatoms. The van der Waals surface area contributed by atoms with Crippen LogP contribution in [0.3, 0.4) is 0 Å². The first-order chi connectivity index (χ1) is 5.86. The van der Waals surface area contributed by atoms with E-state index in [2.05, 4.69) is 19.1 Å². The van der Waals surface area contributed by atoms with E-state index in [0.29, 0.717) is 13.2 Å². The summed E-state index contributed by atoms with van der Waals surface area (Å²) in [5.74, 6) is 0. The molecule has 0 bridgehead atoms. The fraction of sp³-hybridized carbons (Fsp3) is 0.333. The summed E-state index contributed by atoms with van der Waals surface area (Å²) >= 11 is 0. The maximum Gasteiger partial charge on any atom is 0.494 e. The highest BCUT2D eigenvalue weighted by Crippen LogP contribution is 2.01. The van der Waals surface area contributed by atoms with E-state index in [1.54, 1.807) is 0 Å². The van der Waals surface area contributed by atoms with Gasteiger partial charge in [-0.3, -0.25) is 0 Å². The first kappa shape index (κ1) is 7.83. The van der Waals surface area contributed by atoms with Gasteiger partial charge < -0.3 is 9.31 Å². The van der Waals surface area contributed by atoms with E-state index < -0.39 is 0 Å². The largest absolute Gasteiger partial charge is 0.494 e. The molecule has 0 aromatic heterocycles. The molecule has 0 atom stereocenters. The Bertz CT molecular complexity index is 252. The quantitative estimate of drug-likeness (QED) is 0.567. The van der Waals surface area contributed by atoms with Gasteiger partial charge in [-0.25, -0.2) is 0 Å². The highest BCUT2D eigenvalue weighted by Gasteiger charge is 2.25. The lowest BCUT2D eigenvalue weighted by Crippen LogP contribution is -2.31. The average molecular weight is 162 g/mol. The van der Waals surface area contributed by atoms with Crippen molar-refractivity contribution in [3.63, 3.8) is 0 Å². The van der Waals surface area contributed by atoms with Crippen molar-refractivity contribution in [2.24, 2.45) is 0 Å². The Morgan fingerprint density at radius 2 is 1.67 bits per heavy atom. The van der Waals surface area contributed by atoms with Crippen LogP contribution in [-0.2, 0) is 9.31 Å². The van der Waals surface area contributed by atoms with Gasteiger partial charge >= 0.3 is 7.12 Å². The maximum atomic E-state index is 5.36. The van der Waals surface area contributed by atoms with E-state index in [4.69, 9.17) is 9.31 Å². The lowest BCUT2D eigenvalue weighted by atomic mass is 9.79. The van der Waals surface area contributed by atoms with Crippen LogP contribution in [-0.4, -0.2) is 20.3 Å². The molecular formula is C9H11BO2. The molecular weight excluding hydrogens is 151 g/mol. The Kier molecular flexibility index (Phi) is 2.15. The zero-order chi connectivity index (χ0) is 8.39. The van der Waals surface area contributed by atoms with Gasteiger partial charge in [-0.05, 0) is 12.4 Å². The SMILES string of the molecule is Cc1ccc(B2OCCO2)cc1. The van der Waals surface area contributed by atoms with Crippen molar-refractivity contribution in [1.29, 1.82) is 0 Å². The van der Waals surface area contributed by atoms with Gasteiger partial charge in [0.05, 0.1) is 13.2 Å². The van der Waals surface area contributed by atoms with Crippen molar-refractivity contribution in [1.82, 2.24) is 0 Å². The minimum absolute atomic E-state index is 0.134. The fourth-order valence-electron chi connectivity index (χ4n) is 1.27. The van der Waals surface area contributed by atoms with E-state index in [1.165, 1.54) is 5.56 Å². The highest BCUT2D eigenvalue weighted by atomic mass is 16.6. The Morgan fingerprint density at radius 1 is 1.08 bits per heavy atom. The van der Waals surface area contributed by atoms with Crippen LogP contribution in [0.5, 0.6) is 0 Å². The molecule has 1 aromatic carbocycles. The molecule has 1 aromatic rings. The van der Waals surface area contributed by atoms with E-state index >= 15 is 0 Å².